The molecule has 1 aliphatic rings. The molecule has 1 aliphatic heterocycles. The van der Waals surface area contributed by atoms with Gasteiger partial charge in [0.15, 0.2) is 0 Å². The molecule has 0 spiro atoms. The Balaban J connectivity index is 1.34. The Kier molecular flexibility index (Phi) is 7.60. The van der Waals surface area contributed by atoms with E-state index in [1.807, 2.05) is 6.20 Å². The zero-order chi connectivity index (χ0) is 26.6. The first kappa shape index (κ1) is 25.7. The summed E-state index contributed by atoms with van der Waals surface area (Å²) >= 11 is 0. The molecule has 2 amide bonds. The molecule has 3 atom stereocenters. The number of fused-ring (bicyclic) bond motifs is 1. The monoisotopic (exact) mass is 537 g/mol. The highest BCUT2D eigenvalue weighted by molar-refractivity contribution is 7.27. The van der Waals surface area contributed by atoms with Crippen LogP contribution in [0.2, 0.25) is 0 Å². The van der Waals surface area contributed by atoms with Crippen molar-refractivity contribution in [2.45, 2.75) is 25.0 Å². The van der Waals surface area contributed by atoms with Crippen molar-refractivity contribution in [1.82, 2.24) is 24.2 Å². The smallest absolute Gasteiger partial charge is 0.274 e. The molecule has 0 radical (unpaired) electrons. The lowest BCUT2D eigenvalue weighted by Crippen LogP contribution is -2.43. The van der Waals surface area contributed by atoms with Crippen molar-refractivity contribution in [2.75, 3.05) is 19.6 Å². The molecule has 3 heterocycles. The summed E-state index contributed by atoms with van der Waals surface area (Å²) < 4.78 is 34.3. The van der Waals surface area contributed by atoms with Crippen molar-refractivity contribution in [2.24, 2.45) is 0 Å². The SMILES string of the molecule is O=CN1CC(Oc2ccc(F)cc2)CC1CN(CCc1ccc(F)cc1)C(=O)c1cn2cc(P)cnc2n1. The van der Waals surface area contributed by atoms with Gasteiger partial charge in [-0.2, -0.15) is 0 Å². The summed E-state index contributed by atoms with van der Waals surface area (Å²) in [6.45, 7) is 0.951. The second kappa shape index (κ2) is 11.2. The summed E-state index contributed by atoms with van der Waals surface area (Å²) in [5.41, 5.74) is 1.12. The number of ether oxygens (including phenoxy) is 1. The third-order valence-electron chi connectivity index (χ3n) is 6.52. The minimum absolute atomic E-state index is 0.238. The second-order valence-electron chi connectivity index (χ2n) is 9.23. The molecule has 196 valence electrons. The summed E-state index contributed by atoms with van der Waals surface area (Å²) in [6.07, 6.45) is 6.55. The van der Waals surface area contributed by atoms with E-state index in [-0.39, 0.29) is 41.9 Å². The maximum absolute atomic E-state index is 13.6. The van der Waals surface area contributed by atoms with E-state index in [1.54, 1.807) is 50.9 Å². The van der Waals surface area contributed by atoms with Gasteiger partial charge in [0.1, 0.15) is 29.2 Å². The van der Waals surface area contributed by atoms with Crippen molar-refractivity contribution in [1.29, 1.82) is 0 Å². The number of amides is 2. The Hall–Kier alpha value is -3.91. The van der Waals surface area contributed by atoms with Crippen LogP contribution in [0.4, 0.5) is 8.78 Å². The number of halogens is 2. The molecule has 8 nitrogen and oxygen atoms in total. The predicted molar refractivity (Wildman–Crippen MR) is 140 cm³/mol. The standard InChI is InChI=1S/C27H26F2N5O3P/c28-19-3-1-18(2-4-19)9-10-32(26(36)25-16-33-15-24(38)12-30-27(33)31-25)13-21-11-23(14-34(21)17-35)37-22-7-5-20(29)6-8-22/h1-8,12,15-17,21,23H,9-11,13-14,38H2. The third-order valence-corrected chi connectivity index (χ3v) is 6.82. The van der Waals surface area contributed by atoms with Crippen LogP contribution in [0.5, 0.6) is 5.75 Å². The number of aromatic nitrogens is 3. The number of nitrogens with zero attached hydrogens (tertiary/aromatic N) is 5. The molecule has 0 saturated carbocycles. The van der Waals surface area contributed by atoms with Crippen LogP contribution in [-0.2, 0) is 11.2 Å². The van der Waals surface area contributed by atoms with Gasteiger partial charge in [-0.05, 0) is 48.4 Å². The predicted octanol–water partition coefficient (Wildman–Crippen LogP) is 2.87. The fraction of sp³-hybridized carbons (Fsp3) is 0.259. The average Bonchev–Trinajstić information content (AvgIpc) is 3.51. The average molecular weight is 538 g/mol. The van der Waals surface area contributed by atoms with Gasteiger partial charge in [-0.3, -0.25) is 14.0 Å². The maximum Gasteiger partial charge on any atom is 0.274 e. The molecule has 5 rings (SSSR count). The van der Waals surface area contributed by atoms with Crippen molar-refractivity contribution in [3.8, 4) is 5.75 Å². The van der Waals surface area contributed by atoms with E-state index in [2.05, 4.69) is 19.2 Å². The fourth-order valence-electron chi connectivity index (χ4n) is 4.61. The van der Waals surface area contributed by atoms with Crippen LogP contribution in [-0.4, -0.2) is 68.3 Å². The largest absolute Gasteiger partial charge is 0.489 e. The molecule has 0 aliphatic carbocycles. The topological polar surface area (TPSA) is 80.0 Å². The summed E-state index contributed by atoms with van der Waals surface area (Å²) in [5, 5.41) is 0.849. The summed E-state index contributed by atoms with van der Waals surface area (Å²) in [6, 6.07) is 11.6. The Bertz CT molecular complexity index is 1430. The highest BCUT2D eigenvalue weighted by Crippen LogP contribution is 2.24. The van der Waals surface area contributed by atoms with Gasteiger partial charge in [0.2, 0.25) is 12.2 Å². The van der Waals surface area contributed by atoms with Gasteiger partial charge in [0, 0.05) is 43.4 Å². The number of hydrogen-bond acceptors (Lipinski definition) is 5. The number of carbonyl (C=O) groups excluding carboxylic acids is 2. The molecular weight excluding hydrogens is 511 g/mol. The lowest BCUT2D eigenvalue weighted by atomic mass is 10.1. The van der Waals surface area contributed by atoms with E-state index < -0.39 is 0 Å². The van der Waals surface area contributed by atoms with Crippen LogP contribution in [0, 0.1) is 11.6 Å². The molecule has 11 heteroatoms. The lowest BCUT2D eigenvalue weighted by molar-refractivity contribution is -0.119. The Morgan fingerprint density at radius 1 is 1.11 bits per heavy atom. The third kappa shape index (κ3) is 5.97. The number of likely N-dealkylation sites (tertiary alicyclic amines) is 1. The summed E-state index contributed by atoms with van der Waals surface area (Å²) in [5.74, 6) is -0.0645. The van der Waals surface area contributed by atoms with Gasteiger partial charge in [-0.25, -0.2) is 18.7 Å². The Labute approximate surface area is 220 Å². The van der Waals surface area contributed by atoms with Gasteiger partial charge in [-0.1, -0.05) is 12.1 Å². The Morgan fingerprint density at radius 2 is 1.82 bits per heavy atom. The quantitative estimate of drug-likeness (QED) is 0.242. The van der Waals surface area contributed by atoms with E-state index in [0.29, 0.717) is 37.5 Å². The zero-order valence-electron chi connectivity index (χ0n) is 20.4. The van der Waals surface area contributed by atoms with Crippen molar-refractivity contribution >= 4 is 32.6 Å². The molecule has 0 bridgehead atoms. The van der Waals surface area contributed by atoms with Crippen molar-refractivity contribution < 1.29 is 23.1 Å². The first-order chi connectivity index (χ1) is 18.4. The van der Waals surface area contributed by atoms with Crippen molar-refractivity contribution in [3.63, 3.8) is 0 Å². The molecule has 1 saturated heterocycles. The second-order valence-corrected chi connectivity index (χ2v) is 9.90. The maximum atomic E-state index is 13.6. The molecular formula is C27H26F2N5O3P. The zero-order valence-corrected chi connectivity index (χ0v) is 21.6. The van der Waals surface area contributed by atoms with E-state index in [0.717, 1.165) is 17.3 Å². The molecule has 1 fully saturated rings. The van der Waals surface area contributed by atoms with Gasteiger partial charge in [-0.15, -0.1) is 9.24 Å². The van der Waals surface area contributed by atoms with Gasteiger partial charge in [0.05, 0.1) is 12.6 Å². The van der Waals surface area contributed by atoms with Gasteiger partial charge >= 0.3 is 0 Å². The van der Waals surface area contributed by atoms with Crippen LogP contribution >= 0.6 is 9.24 Å². The minimum atomic E-state index is -0.359. The molecule has 4 aromatic rings. The molecule has 2 aromatic heterocycles. The highest BCUT2D eigenvalue weighted by Gasteiger charge is 2.35. The lowest BCUT2D eigenvalue weighted by Gasteiger charge is -2.28. The molecule has 2 aromatic carbocycles. The summed E-state index contributed by atoms with van der Waals surface area (Å²) in [4.78, 5) is 37.5. The number of carbonyl (C=O) groups is 2. The van der Waals surface area contributed by atoms with E-state index in [9.17, 15) is 18.4 Å². The number of rotatable bonds is 9. The fourth-order valence-corrected chi connectivity index (χ4v) is 4.84. The van der Waals surface area contributed by atoms with Crippen LogP contribution in [0.1, 0.15) is 22.5 Å². The van der Waals surface area contributed by atoms with E-state index in [1.165, 1.54) is 24.3 Å². The first-order valence-corrected chi connectivity index (χ1v) is 12.7. The number of hydrogen-bond donors (Lipinski definition) is 0. The highest BCUT2D eigenvalue weighted by atomic mass is 31.0. The first-order valence-electron chi connectivity index (χ1n) is 12.1. The normalized spacial score (nSPS) is 17.1. The minimum Gasteiger partial charge on any atom is -0.489 e. The van der Waals surface area contributed by atoms with Crippen LogP contribution in [0.15, 0.2) is 67.1 Å². The summed E-state index contributed by atoms with van der Waals surface area (Å²) in [7, 11) is 2.55. The number of imidazole rings is 1. The molecule has 3 unspecified atom stereocenters. The Morgan fingerprint density at radius 3 is 2.53 bits per heavy atom. The molecule has 38 heavy (non-hydrogen) atoms. The van der Waals surface area contributed by atoms with Crippen LogP contribution < -0.4 is 10.0 Å². The van der Waals surface area contributed by atoms with Gasteiger partial charge < -0.3 is 14.5 Å². The number of benzene rings is 2. The van der Waals surface area contributed by atoms with Crippen molar-refractivity contribution in [3.05, 3.63) is 90.0 Å². The van der Waals surface area contributed by atoms with Crippen LogP contribution in [0.3, 0.4) is 0 Å². The van der Waals surface area contributed by atoms with Gasteiger partial charge in [0.25, 0.3) is 5.91 Å². The molecule has 0 N–H and O–H groups in total. The van der Waals surface area contributed by atoms with Crippen LogP contribution in [0.25, 0.3) is 5.78 Å². The van der Waals surface area contributed by atoms with E-state index >= 15 is 0 Å². The van der Waals surface area contributed by atoms with E-state index in [4.69, 9.17) is 4.74 Å².